The number of halogens is 1. The average molecular weight is 405 g/mol. The lowest BCUT2D eigenvalue weighted by atomic mass is 10.2. The molecule has 0 radical (unpaired) electrons. The Hall–Kier alpha value is -2.43. The molecule has 1 rings (SSSR count). The van der Waals surface area contributed by atoms with Crippen molar-refractivity contribution < 1.29 is 32.3 Å². The first-order valence-electron chi connectivity index (χ1n) is 7.12. The molecule has 0 bridgehead atoms. The van der Waals surface area contributed by atoms with Crippen LogP contribution in [-0.4, -0.2) is 46.1 Å². The van der Waals surface area contributed by atoms with Gasteiger partial charge in [-0.3, -0.25) is 10.1 Å². The van der Waals surface area contributed by atoms with Gasteiger partial charge in [-0.25, -0.2) is 22.7 Å². The predicted molar refractivity (Wildman–Crippen MR) is 92.3 cm³/mol. The van der Waals surface area contributed by atoms with Gasteiger partial charge >= 0.3 is 12.1 Å². The van der Waals surface area contributed by atoms with E-state index in [1.807, 2.05) is 5.32 Å². The van der Waals surface area contributed by atoms with Gasteiger partial charge in [0.1, 0.15) is 4.90 Å². The van der Waals surface area contributed by atoms with Gasteiger partial charge in [0.15, 0.2) is 6.10 Å². The van der Waals surface area contributed by atoms with E-state index in [4.69, 9.17) is 16.3 Å². The maximum Gasteiger partial charge on any atom is 0.413 e. The Labute approximate surface area is 155 Å². The summed E-state index contributed by atoms with van der Waals surface area (Å²) in [4.78, 5) is 34.4. The molecule has 0 spiro atoms. The molecule has 26 heavy (non-hydrogen) atoms. The lowest BCUT2D eigenvalue weighted by Gasteiger charge is -2.13. The zero-order valence-electron chi connectivity index (χ0n) is 13.9. The molecule has 142 valence electrons. The fourth-order valence-corrected chi connectivity index (χ4v) is 3.14. The minimum atomic E-state index is -3.97. The normalized spacial score (nSPS) is 12.0. The Morgan fingerprint density at radius 3 is 2.58 bits per heavy atom. The molecule has 0 heterocycles. The number of ether oxygens (including phenoxy) is 2. The molecule has 1 aromatic rings. The standard InChI is InChI=1S/C15H17ClN2O7S/c1-4-7-17-26(22,23)12-8-10(5-6-11(12)16)14(20)25-9(2)13(19)18-15(21)24-3/h4-6,8-9,17H,1,7H2,2-3H3,(H,18,19,21)/t9-/m0/s1. The van der Waals surface area contributed by atoms with Crippen molar-refractivity contribution in [3.63, 3.8) is 0 Å². The van der Waals surface area contributed by atoms with Gasteiger partial charge in [0.05, 0.1) is 17.7 Å². The first-order valence-corrected chi connectivity index (χ1v) is 8.98. The molecule has 11 heteroatoms. The number of alkyl carbamates (subject to hydrolysis) is 1. The molecule has 0 aliphatic rings. The summed E-state index contributed by atoms with van der Waals surface area (Å²) in [5, 5.41) is 1.74. The van der Waals surface area contributed by atoms with Crippen LogP contribution >= 0.6 is 11.6 Å². The van der Waals surface area contributed by atoms with Gasteiger partial charge in [0, 0.05) is 6.54 Å². The van der Waals surface area contributed by atoms with Crippen LogP contribution in [0.2, 0.25) is 5.02 Å². The van der Waals surface area contributed by atoms with E-state index in [9.17, 15) is 22.8 Å². The smallest absolute Gasteiger partial charge is 0.413 e. The second-order valence-corrected chi connectivity index (χ2v) is 6.96. The number of nitrogens with one attached hydrogen (secondary N) is 2. The van der Waals surface area contributed by atoms with Crippen LogP contribution in [0.15, 0.2) is 35.7 Å². The molecule has 0 saturated heterocycles. The molecule has 1 atom stereocenters. The maximum atomic E-state index is 12.2. The van der Waals surface area contributed by atoms with Crippen molar-refractivity contribution in [3.05, 3.63) is 41.4 Å². The van der Waals surface area contributed by atoms with Gasteiger partial charge in [0.25, 0.3) is 5.91 Å². The van der Waals surface area contributed by atoms with Gasteiger partial charge in [0.2, 0.25) is 10.0 Å². The molecule has 0 aliphatic heterocycles. The van der Waals surface area contributed by atoms with Gasteiger partial charge in [-0.1, -0.05) is 17.7 Å². The van der Waals surface area contributed by atoms with E-state index >= 15 is 0 Å². The molecule has 2 N–H and O–H groups in total. The zero-order chi connectivity index (χ0) is 19.9. The number of carbonyl (C=O) groups is 3. The second kappa shape index (κ2) is 9.32. The molecule has 0 fully saturated rings. The fourth-order valence-electron chi connectivity index (χ4n) is 1.62. The number of imide groups is 1. The highest BCUT2D eigenvalue weighted by Crippen LogP contribution is 2.23. The van der Waals surface area contributed by atoms with E-state index in [2.05, 4.69) is 16.0 Å². The Bertz CT molecular complexity index is 823. The highest BCUT2D eigenvalue weighted by Gasteiger charge is 2.24. The highest BCUT2D eigenvalue weighted by atomic mass is 35.5. The van der Waals surface area contributed by atoms with Crippen LogP contribution in [0.1, 0.15) is 17.3 Å². The van der Waals surface area contributed by atoms with E-state index in [1.165, 1.54) is 25.1 Å². The molecule has 0 saturated carbocycles. The molecule has 9 nitrogen and oxygen atoms in total. The predicted octanol–water partition coefficient (Wildman–Crippen LogP) is 1.23. The molecule has 0 aromatic heterocycles. The summed E-state index contributed by atoms with van der Waals surface area (Å²) in [6.07, 6.45) is -0.993. The summed E-state index contributed by atoms with van der Waals surface area (Å²) >= 11 is 5.88. The van der Waals surface area contributed by atoms with Crippen molar-refractivity contribution in [1.29, 1.82) is 0 Å². The van der Waals surface area contributed by atoms with Crippen LogP contribution in [0.5, 0.6) is 0 Å². The van der Waals surface area contributed by atoms with Crippen LogP contribution in [0.25, 0.3) is 0 Å². The first kappa shape index (κ1) is 21.6. The molecule has 1 aromatic carbocycles. The fraction of sp³-hybridized carbons (Fsp3) is 0.267. The van der Waals surface area contributed by atoms with Crippen molar-refractivity contribution in [2.24, 2.45) is 0 Å². The van der Waals surface area contributed by atoms with Crippen molar-refractivity contribution in [2.45, 2.75) is 17.9 Å². The monoisotopic (exact) mass is 404 g/mol. The van der Waals surface area contributed by atoms with Crippen LogP contribution in [-0.2, 0) is 24.3 Å². The Morgan fingerprint density at radius 2 is 2.00 bits per heavy atom. The maximum absolute atomic E-state index is 12.2. The van der Waals surface area contributed by atoms with Gasteiger partial charge in [-0.2, -0.15) is 0 Å². The lowest BCUT2D eigenvalue weighted by Crippen LogP contribution is -2.39. The molecule has 0 aliphatic carbocycles. The second-order valence-electron chi connectivity index (χ2n) is 4.81. The van der Waals surface area contributed by atoms with Gasteiger partial charge < -0.3 is 9.47 Å². The van der Waals surface area contributed by atoms with Crippen molar-refractivity contribution in [1.82, 2.24) is 10.0 Å². The summed E-state index contributed by atoms with van der Waals surface area (Å²) in [5.74, 6) is -1.88. The first-order chi connectivity index (χ1) is 12.1. The minimum Gasteiger partial charge on any atom is -0.453 e. The molecule has 0 unspecified atom stereocenters. The summed E-state index contributed by atoms with van der Waals surface area (Å²) in [6.45, 7) is 4.60. The van der Waals surface area contributed by atoms with Crippen molar-refractivity contribution >= 4 is 39.6 Å². The summed E-state index contributed by atoms with van der Waals surface area (Å²) in [5.41, 5.74) is -0.147. The molecular formula is C15H17ClN2O7S. The minimum absolute atomic E-state index is 0.0297. The third-order valence-electron chi connectivity index (χ3n) is 2.94. The number of amides is 2. The zero-order valence-corrected chi connectivity index (χ0v) is 15.5. The topological polar surface area (TPSA) is 128 Å². The SMILES string of the molecule is C=CCNS(=O)(=O)c1cc(C(=O)O[C@@H](C)C(=O)NC(=O)OC)ccc1Cl. The quantitative estimate of drug-likeness (QED) is 0.516. The van der Waals surface area contributed by atoms with Crippen LogP contribution in [0.4, 0.5) is 4.79 Å². The number of rotatable bonds is 7. The number of benzene rings is 1. The number of sulfonamides is 1. The van der Waals surface area contributed by atoms with Crippen molar-refractivity contribution in [3.8, 4) is 0 Å². The highest BCUT2D eigenvalue weighted by molar-refractivity contribution is 7.89. The summed E-state index contributed by atoms with van der Waals surface area (Å²) in [7, 11) is -2.91. The largest absolute Gasteiger partial charge is 0.453 e. The van der Waals surface area contributed by atoms with Crippen molar-refractivity contribution in [2.75, 3.05) is 13.7 Å². The molecular weight excluding hydrogens is 388 g/mol. The third-order valence-corrected chi connectivity index (χ3v) is 4.84. The lowest BCUT2D eigenvalue weighted by molar-refractivity contribution is -0.128. The van der Waals surface area contributed by atoms with E-state index < -0.39 is 34.1 Å². The number of hydrogen-bond donors (Lipinski definition) is 2. The average Bonchev–Trinajstić information content (AvgIpc) is 2.59. The molecule has 2 amide bonds. The Kier molecular flexibility index (Phi) is 7.75. The van der Waals surface area contributed by atoms with Gasteiger partial charge in [-0.15, -0.1) is 6.58 Å². The van der Waals surface area contributed by atoms with E-state index in [-0.39, 0.29) is 22.0 Å². The van der Waals surface area contributed by atoms with E-state index in [0.717, 1.165) is 13.2 Å². The number of esters is 1. The Balaban J connectivity index is 2.97. The van der Waals surface area contributed by atoms with Gasteiger partial charge in [-0.05, 0) is 25.1 Å². The number of carbonyl (C=O) groups excluding carboxylic acids is 3. The van der Waals surface area contributed by atoms with Crippen LogP contribution < -0.4 is 10.0 Å². The third kappa shape index (κ3) is 5.83. The summed E-state index contributed by atoms with van der Waals surface area (Å²) in [6, 6.07) is 3.46. The number of hydrogen-bond acceptors (Lipinski definition) is 7. The van der Waals surface area contributed by atoms with Crippen LogP contribution in [0, 0.1) is 0 Å². The van der Waals surface area contributed by atoms with E-state index in [0.29, 0.717) is 0 Å². The van der Waals surface area contributed by atoms with E-state index in [1.54, 1.807) is 0 Å². The van der Waals surface area contributed by atoms with Crippen LogP contribution in [0.3, 0.4) is 0 Å². The number of methoxy groups -OCH3 is 1. The Morgan fingerprint density at radius 1 is 1.35 bits per heavy atom. The summed E-state index contributed by atoms with van der Waals surface area (Å²) < 4.78 is 35.7.